The number of thioether (sulfide) groups is 1. The van der Waals surface area contributed by atoms with Gasteiger partial charge in [0.1, 0.15) is 0 Å². The van der Waals surface area contributed by atoms with E-state index in [1.165, 1.54) is 23.0 Å². The fourth-order valence-corrected chi connectivity index (χ4v) is 5.86. The maximum Gasteiger partial charge on any atom is 0.264 e. The van der Waals surface area contributed by atoms with E-state index in [0.29, 0.717) is 27.1 Å². The van der Waals surface area contributed by atoms with E-state index in [-0.39, 0.29) is 11.4 Å². The second-order valence-corrected chi connectivity index (χ2v) is 10.6. The first kappa shape index (κ1) is 22.0. The van der Waals surface area contributed by atoms with Crippen molar-refractivity contribution >= 4 is 51.9 Å². The number of halogens is 1. The molecule has 2 heterocycles. The first-order chi connectivity index (χ1) is 14.6. The molecule has 1 saturated heterocycles. The van der Waals surface area contributed by atoms with Gasteiger partial charge >= 0.3 is 0 Å². The standard InChI is InChI=1S/C25H28ClN3OS/c1-15(2)29-21-10-9-17(11-20(21)16(3)14-25(29,4)5)12-22-23(30)28-24(31-22)27-19-8-6-7-18(26)13-19/h6-13,15-16H,14H2,1-5H3,(H,27,28,30)/b22-12-/t16-/m0/s1. The summed E-state index contributed by atoms with van der Waals surface area (Å²) < 4.78 is 0. The Morgan fingerprint density at radius 2 is 2.03 bits per heavy atom. The van der Waals surface area contributed by atoms with Crippen LogP contribution in [0, 0.1) is 0 Å². The Balaban J connectivity index is 1.63. The summed E-state index contributed by atoms with van der Waals surface area (Å²) in [6, 6.07) is 14.2. The average Bonchev–Trinajstić information content (AvgIpc) is 3.00. The van der Waals surface area contributed by atoms with Crippen molar-refractivity contribution in [3.8, 4) is 0 Å². The lowest BCUT2D eigenvalue weighted by atomic mass is 9.79. The molecule has 6 heteroatoms. The smallest absolute Gasteiger partial charge is 0.264 e. The normalized spacial score (nSPS) is 22.9. The number of amides is 1. The molecule has 2 aromatic rings. The highest BCUT2D eigenvalue weighted by atomic mass is 35.5. The second kappa shape index (κ2) is 8.36. The minimum Gasteiger partial charge on any atom is -0.364 e. The van der Waals surface area contributed by atoms with Crippen molar-refractivity contribution in [2.45, 2.75) is 58.5 Å². The molecule has 0 aromatic heterocycles. The summed E-state index contributed by atoms with van der Waals surface area (Å²) in [6.07, 6.45) is 3.05. The molecule has 2 aliphatic heterocycles. The van der Waals surface area contributed by atoms with Gasteiger partial charge in [0.25, 0.3) is 5.91 Å². The number of nitrogens with zero attached hydrogens (tertiary/aromatic N) is 2. The van der Waals surface area contributed by atoms with E-state index < -0.39 is 0 Å². The molecule has 1 atom stereocenters. The largest absolute Gasteiger partial charge is 0.364 e. The highest BCUT2D eigenvalue weighted by Crippen LogP contribution is 2.45. The molecule has 0 radical (unpaired) electrons. The van der Waals surface area contributed by atoms with E-state index in [0.717, 1.165) is 17.7 Å². The third-order valence-corrected chi connectivity index (χ3v) is 6.95. The van der Waals surface area contributed by atoms with Gasteiger partial charge in [-0.25, -0.2) is 4.99 Å². The van der Waals surface area contributed by atoms with Crippen molar-refractivity contribution < 1.29 is 4.79 Å². The molecule has 31 heavy (non-hydrogen) atoms. The van der Waals surface area contributed by atoms with Crippen LogP contribution in [0.5, 0.6) is 0 Å². The van der Waals surface area contributed by atoms with Crippen molar-refractivity contribution in [1.82, 2.24) is 5.32 Å². The molecular weight excluding hydrogens is 426 g/mol. The van der Waals surface area contributed by atoms with Gasteiger partial charge in [-0.3, -0.25) is 4.79 Å². The lowest BCUT2D eigenvalue weighted by Gasteiger charge is -2.50. The van der Waals surface area contributed by atoms with Crippen molar-refractivity contribution in [3.63, 3.8) is 0 Å². The van der Waals surface area contributed by atoms with Gasteiger partial charge in [0.15, 0.2) is 5.17 Å². The lowest BCUT2D eigenvalue weighted by molar-refractivity contribution is -0.115. The molecule has 0 aliphatic carbocycles. The first-order valence-electron chi connectivity index (χ1n) is 10.6. The van der Waals surface area contributed by atoms with Crippen LogP contribution in [0.15, 0.2) is 52.4 Å². The maximum absolute atomic E-state index is 12.5. The lowest BCUT2D eigenvalue weighted by Crippen LogP contribution is -2.51. The van der Waals surface area contributed by atoms with E-state index in [9.17, 15) is 4.79 Å². The van der Waals surface area contributed by atoms with Crippen LogP contribution in [-0.2, 0) is 4.79 Å². The van der Waals surface area contributed by atoms with Gasteiger partial charge in [-0.05, 0) is 99.3 Å². The van der Waals surface area contributed by atoms with Crippen LogP contribution in [0.1, 0.15) is 58.1 Å². The highest BCUT2D eigenvalue weighted by Gasteiger charge is 2.37. The number of hydrogen-bond acceptors (Lipinski definition) is 4. The molecule has 0 saturated carbocycles. The van der Waals surface area contributed by atoms with Gasteiger partial charge < -0.3 is 10.2 Å². The zero-order chi connectivity index (χ0) is 22.3. The molecule has 1 amide bonds. The summed E-state index contributed by atoms with van der Waals surface area (Å²) in [5, 5.41) is 4.04. The minimum absolute atomic E-state index is 0.119. The number of carbonyl (C=O) groups excluding carboxylic acids is 1. The van der Waals surface area contributed by atoms with Gasteiger partial charge in [-0.15, -0.1) is 0 Å². The molecule has 1 N–H and O–H groups in total. The summed E-state index contributed by atoms with van der Waals surface area (Å²) in [6.45, 7) is 11.4. The fourth-order valence-electron chi connectivity index (χ4n) is 4.83. The first-order valence-corrected chi connectivity index (χ1v) is 11.8. The van der Waals surface area contributed by atoms with Gasteiger partial charge in [0.2, 0.25) is 0 Å². The zero-order valence-corrected chi connectivity index (χ0v) is 20.1. The quantitative estimate of drug-likeness (QED) is 0.524. The van der Waals surface area contributed by atoms with Crippen LogP contribution in [-0.4, -0.2) is 22.7 Å². The predicted molar refractivity (Wildman–Crippen MR) is 133 cm³/mol. The minimum atomic E-state index is -0.124. The van der Waals surface area contributed by atoms with Crippen LogP contribution < -0.4 is 10.2 Å². The SMILES string of the molecule is CC(C)N1c2ccc(/C=C3\SC(=Nc4cccc(Cl)c4)NC3=O)cc2[C@@H](C)CC1(C)C. The van der Waals surface area contributed by atoms with E-state index in [2.05, 4.69) is 68.0 Å². The number of rotatable bonds is 3. The summed E-state index contributed by atoms with van der Waals surface area (Å²) >= 11 is 7.39. The second-order valence-electron chi connectivity index (χ2n) is 9.16. The highest BCUT2D eigenvalue weighted by molar-refractivity contribution is 8.18. The molecule has 2 aromatic carbocycles. The van der Waals surface area contributed by atoms with E-state index in [4.69, 9.17) is 11.6 Å². The van der Waals surface area contributed by atoms with Crippen LogP contribution in [0.25, 0.3) is 6.08 Å². The Morgan fingerprint density at radius 3 is 2.74 bits per heavy atom. The van der Waals surface area contributed by atoms with E-state index in [1.807, 2.05) is 18.2 Å². The van der Waals surface area contributed by atoms with Crippen LogP contribution in [0.2, 0.25) is 5.02 Å². The topological polar surface area (TPSA) is 44.7 Å². The molecular formula is C25H28ClN3OS. The number of anilines is 1. The molecule has 162 valence electrons. The monoisotopic (exact) mass is 453 g/mol. The zero-order valence-electron chi connectivity index (χ0n) is 18.6. The average molecular weight is 454 g/mol. The molecule has 4 rings (SSSR count). The van der Waals surface area contributed by atoms with Crippen molar-refractivity contribution in [2.24, 2.45) is 4.99 Å². The molecule has 0 unspecified atom stereocenters. The number of fused-ring (bicyclic) bond motifs is 1. The fraction of sp³-hybridized carbons (Fsp3) is 0.360. The van der Waals surface area contributed by atoms with Gasteiger partial charge in [0.05, 0.1) is 10.6 Å². The number of benzene rings is 2. The Bertz CT molecular complexity index is 1090. The number of amidine groups is 1. The van der Waals surface area contributed by atoms with Gasteiger partial charge in [-0.1, -0.05) is 30.7 Å². The Labute approximate surface area is 193 Å². The number of nitrogens with one attached hydrogen (secondary N) is 1. The van der Waals surface area contributed by atoms with Crippen LogP contribution in [0.4, 0.5) is 11.4 Å². The third-order valence-electron chi connectivity index (χ3n) is 5.80. The third kappa shape index (κ3) is 4.53. The molecule has 2 aliphatic rings. The number of aliphatic imine (C=N–C) groups is 1. The summed E-state index contributed by atoms with van der Waals surface area (Å²) in [5.41, 5.74) is 4.52. The molecule has 0 spiro atoms. The number of carbonyl (C=O) groups is 1. The molecule has 0 bridgehead atoms. The van der Waals surface area contributed by atoms with Crippen molar-refractivity contribution in [3.05, 3.63) is 63.5 Å². The summed E-state index contributed by atoms with van der Waals surface area (Å²) in [5.74, 6) is 0.338. The summed E-state index contributed by atoms with van der Waals surface area (Å²) in [4.78, 5) is 20.2. The van der Waals surface area contributed by atoms with Crippen molar-refractivity contribution in [1.29, 1.82) is 0 Å². The van der Waals surface area contributed by atoms with E-state index >= 15 is 0 Å². The Hall–Kier alpha value is -2.24. The van der Waals surface area contributed by atoms with Crippen LogP contribution in [0.3, 0.4) is 0 Å². The van der Waals surface area contributed by atoms with Crippen LogP contribution >= 0.6 is 23.4 Å². The molecule has 4 nitrogen and oxygen atoms in total. The summed E-state index contributed by atoms with van der Waals surface area (Å²) in [7, 11) is 0. The van der Waals surface area contributed by atoms with Crippen molar-refractivity contribution in [2.75, 3.05) is 4.90 Å². The Kier molecular flexibility index (Phi) is 5.93. The maximum atomic E-state index is 12.5. The van der Waals surface area contributed by atoms with Gasteiger partial charge in [-0.2, -0.15) is 0 Å². The Morgan fingerprint density at radius 1 is 1.26 bits per heavy atom. The predicted octanol–water partition coefficient (Wildman–Crippen LogP) is 6.73. The number of hydrogen-bond donors (Lipinski definition) is 1. The van der Waals surface area contributed by atoms with Gasteiger partial charge in [0, 0.05) is 22.3 Å². The molecule has 1 fully saturated rings. The van der Waals surface area contributed by atoms with E-state index in [1.54, 1.807) is 12.1 Å².